The van der Waals surface area contributed by atoms with Crippen molar-refractivity contribution < 1.29 is 4.74 Å². The van der Waals surface area contributed by atoms with Crippen LogP contribution in [-0.2, 0) is 6.61 Å². The van der Waals surface area contributed by atoms with Crippen molar-refractivity contribution in [3.05, 3.63) is 63.1 Å². The average Bonchev–Trinajstić information content (AvgIpc) is 2.32. The predicted octanol–water partition coefficient (Wildman–Crippen LogP) is 4.99. The SMILES string of the molecule is Cc1ccc(COc2cc(Br)ccc2Cl)cc1. The lowest BCUT2D eigenvalue weighted by Gasteiger charge is -2.08. The van der Waals surface area contributed by atoms with E-state index in [1.165, 1.54) is 5.56 Å². The van der Waals surface area contributed by atoms with Crippen LogP contribution in [0.5, 0.6) is 5.75 Å². The normalized spacial score (nSPS) is 10.3. The molecule has 3 heteroatoms. The maximum absolute atomic E-state index is 6.04. The third-order valence-electron chi connectivity index (χ3n) is 2.41. The summed E-state index contributed by atoms with van der Waals surface area (Å²) in [5.74, 6) is 0.696. The van der Waals surface area contributed by atoms with Gasteiger partial charge in [-0.3, -0.25) is 0 Å². The molecule has 0 heterocycles. The van der Waals surface area contributed by atoms with E-state index in [0.29, 0.717) is 17.4 Å². The monoisotopic (exact) mass is 310 g/mol. The first-order valence-corrected chi connectivity index (χ1v) is 6.45. The summed E-state index contributed by atoms with van der Waals surface area (Å²) in [6.45, 7) is 2.59. The molecule has 1 nitrogen and oxygen atoms in total. The molecule has 0 saturated heterocycles. The van der Waals surface area contributed by atoms with Crippen molar-refractivity contribution in [1.82, 2.24) is 0 Å². The minimum Gasteiger partial charge on any atom is -0.487 e. The molecule has 0 aliphatic carbocycles. The van der Waals surface area contributed by atoms with Crippen LogP contribution in [0.15, 0.2) is 46.9 Å². The Bertz CT molecular complexity index is 508. The highest BCUT2D eigenvalue weighted by molar-refractivity contribution is 9.10. The van der Waals surface area contributed by atoms with E-state index in [9.17, 15) is 0 Å². The lowest BCUT2D eigenvalue weighted by Crippen LogP contribution is -1.95. The Balaban J connectivity index is 2.07. The summed E-state index contributed by atoms with van der Waals surface area (Å²) >= 11 is 9.44. The topological polar surface area (TPSA) is 9.23 Å². The molecule has 0 bridgehead atoms. The van der Waals surface area contributed by atoms with Gasteiger partial charge in [-0.05, 0) is 30.7 Å². The Hall–Kier alpha value is -0.990. The lowest BCUT2D eigenvalue weighted by atomic mass is 10.2. The largest absolute Gasteiger partial charge is 0.487 e. The molecule has 0 fully saturated rings. The second-order valence-electron chi connectivity index (χ2n) is 3.85. The molecule has 0 N–H and O–H groups in total. The fourth-order valence-corrected chi connectivity index (χ4v) is 1.95. The van der Waals surface area contributed by atoms with Crippen molar-refractivity contribution in [2.24, 2.45) is 0 Å². The van der Waals surface area contributed by atoms with Gasteiger partial charge in [0.1, 0.15) is 12.4 Å². The number of ether oxygens (including phenoxy) is 1. The first-order valence-electron chi connectivity index (χ1n) is 5.28. The number of benzene rings is 2. The number of halogens is 2. The summed E-state index contributed by atoms with van der Waals surface area (Å²) in [7, 11) is 0. The van der Waals surface area contributed by atoms with Gasteiger partial charge in [0, 0.05) is 4.47 Å². The van der Waals surface area contributed by atoms with Gasteiger partial charge in [0.05, 0.1) is 5.02 Å². The summed E-state index contributed by atoms with van der Waals surface area (Å²) in [4.78, 5) is 0. The lowest BCUT2D eigenvalue weighted by molar-refractivity contribution is 0.306. The fourth-order valence-electron chi connectivity index (χ4n) is 1.43. The van der Waals surface area contributed by atoms with E-state index < -0.39 is 0 Å². The van der Waals surface area contributed by atoms with Crippen molar-refractivity contribution in [2.45, 2.75) is 13.5 Å². The van der Waals surface area contributed by atoms with Crippen LogP contribution in [0, 0.1) is 6.92 Å². The number of rotatable bonds is 3. The molecule has 88 valence electrons. The maximum Gasteiger partial charge on any atom is 0.139 e. The van der Waals surface area contributed by atoms with Crippen molar-refractivity contribution in [1.29, 1.82) is 0 Å². The zero-order valence-corrected chi connectivity index (χ0v) is 11.8. The van der Waals surface area contributed by atoms with Crippen molar-refractivity contribution in [2.75, 3.05) is 0 Å². The number of aryl methyl sites for hydroxylation is 1. The van der Waals surface area contributed by atoms with Crippen LogP contribution in [0.1, 0.15) is 11.1 Å². The molecule has 0 unspecified atom stereocenters. The molecule has 0 aromatic heterocycles. The summed E-state index contributed by atoms with van der Waals surface area (Å²) in [5, 5.41) is 0.625. The van der Waals surface area contributed by atoms with E-state index in [1.54, 1.807) is 0 Å². The van der Waals surface area contributed by atoms with Crippen LogP contribution in [0.3, 0.4) is 0 Å². The van der Waals surface area contributed by atoms with Gasteiger partial charge < -0.3 is 4.74 Å². The van der Waals surface area contributed by atoms with Crippen LogP contribution in [0.25, 0.3) is 0 Å². The van der Waals surface area contributed by atoms with Gasteiger partial charge in [0.2, 0.25) is 0 Å². The predicted molar refractivity (Wildman–Crippen MR) is 74.7 cm³/mol. The minimum atomic E-state index is 0.524. The van der Waals surface area contributed by atoms with Crippen molar-refractivity contribution in [3.8, 4) is 5.75 Å². The molecule has 2 aromatic rings. The smallest absolute Gasteiger partial charge is 0.139 e. The first-order chi connectivity index (χ1) is 8.15. The standard InChI is InChI=1S/C14H12BrClO/c1-10-2-4-11(5-3-10)9-17-14-8-12(15)6-7-13(14)16/h2-8H,9H2,1H3. The quantitative estimate of drug-likeness (QED) is 0.776. The van der Waals surface area contributed by atoms with Gasteiger partial charge in [-0.25, -0.2) is 0 Å². The zero-order chi connectivity index (χ0) is 12.3. The molecule has 2 aromatic carbocycles. The van der Waals surface area contributed by atoms with Crippen LogP contribution < -0.4 is 4.74 Å². The maximum atomic E-state index is 6.04. The average molecular weight is 312 g/mol. The van der Waals surface area contributed by atoms with E-state index in [0.717, 1.165) is 10.0 Å². The van der Waals surface area contributed by atoms with Gasteiger partial charge in [-0.1, -0.05) is 57.4 Å². The number of hydrogen-bond donors (Lipinski definition) is 0. The molecule has 0 aliphatic rings. The Labute approximate surface area is 115 Å². The molecule has 17 heavy (non-hydrogen) atoms. The minimum absolute atomic E-state index is 0.524. The molecule has 0 amide bonds. The van der Waals surface area contributed by atoms with E-state index in [-0.39, 0.29) is 0 Å². The van der Waals surface area contributed by atoms with E-state index >= 15 is 0 Å². The zero-order valence-electron chi connectivity index (χ0n) is 9.41. The summed E-state index contributed by atoms with van der Waals surface area (Å²) in [5.41, 5.74) is 2.38. The fraction of sp³-hybridized carbons (Fsp3) is 0.143. The Kier molecular flexibility index (Phi) is 4.08. The van der Waals surface area contributed by atoms with Crippen LogP contribution in [0.4, 0.5) is 0 Å². The van der Waals surface area contributed by atoms with Gasteiger partial charge in [-0.2, -0.15) is 0 Å². The van der Waals surface area contributed by atoms with E-state index in [1.807, 2.05) is 18.2 Å². The molecule has 0 aliphatic heterocycles. The molecular weight excluding hydrogens is 300 g/mol. The summed E-state index contributed by atoms with van der Waals surface area (Å²) in [6.07, 6.45) is 0. The highest BCUT2D eigenvalue weighted by Gasteiger charge is 2.02. The van der Waals surface area contributed by atoms with Crippen LogP contribution >= 0.6 is 27.5 Å². The van der Waals surface area contributed by atoms with Gasteiger partial charge in [0.25, 0.3) is 0 Å². The Morgan fingerprint density at radius 1 is 1.12 bits per heavy atom. The highest BCUT2D eigenvalue weighted by atomic mass is 79.9. The second kappa shape index (κ2) is 5.56. The van der Waals surface area contributed by atoms with E-state index in [2.05, 4.69) is 47.1 Å². The second-order valence-corrected chi connectivity index (χ2v) is 5.17. The first kappa shape index (κ1) is 12.5. The molecule has 0 atom stereocenters. The Morgan fingerprint density at radius 2 is 1.82 bits per heavy atom. The number of hydrogen-bond acceptors (Lipinski definition) is 1. The summed E-state index contributed by atoms with van der Waals surface area (Å²) in [6, 6.07) is 13.8. The molecular formula is C14H12BrClO. The van der Waals surface area contributed by atoms with Crippen molar-refractivity contribution >= 4 is 27.5 Å². The summed E-state index contributed by atoms with van der Waals surface area (Å²) < 4.78 is 6.64. The van der Waals surface area contributed by atoms with Gasteiger partial charge in [0.15, 0.2) is 0 Å². The molecule has 0 spiro atoms. The van der Waals surface area contributed by atoms with Gasteiger partial charge >= 0.3 is 0 Å². The van der Waals surface area contributed by atoms with Crippen LogP contribution in [-0.4, -0.2) is 0 Å². The van der Waals surface area contributed by atoms with Crippen molar-refractivity contribution in [3.63, 3.8) is 0 Å². The molecule has 2 rings (SSSR count). The third-order valence-corrected chi connectivity index (χ3v) is 3.21. The Morgan fingerprint density at radius 3 is 2.53 bits per heavy atom. The van der Waals surface area contributed by atoms with Crippen LogP contribution in [0.2, 0.25) is 5.02 Å². The molecule has 0 saturated carbocycles. The van der Waals surface area contributed by atoms with E-state index in [4.69, 9.17) is 16.3 Å². The molecule has 0 radical (unpaired) electrons. The van der Waals surface area contributed by atoms with Gasteiger partial charge in [-0.15, -0.1) is 0 Å². The third kappa shape index (κ3) is 3.48. The highest BCUT2D eigenvalue weighted by Crippen LogP contribution is 2.28.